The lowest BCUT2D eigenvalue weighted by Gasteiger charge is -2.05. The van der Waals surface area contributed by atoms with E-state index in [0.717, 1.165) is 11.2 Å². The van der Waals surface area contributed by atoms with Crippen LogP contribution < -0.4 is 0 Å². The Morgan fingerprint density at radius 2 is 1.67 bits per heavy atom. The van der Waals surface area contributed by atoms with E-state index < -0.39 is 0 Å². The van der Waals surface area contributed by atoms with E-state index in [4.69, 9.17) is 0 Å². The Morgan fingerprint density at radius 1 is 0.944 bits per heavy atom. The fourth-order valence-corrected chi connectivity index (χ4v) is 2.80. The van der Waals surface area contributed by atoms with Crippen molar-refractivity contribution >= 4 is 21.8 Å². The van der Waals surface area contributed by atoms with Gasteiger partial charge < -0.3 is 4.57 Å². The van der Waals surface area contributed by atoms with E-state index in [-0.39, 0.29) is 0 Å². The maximum absolute atomic E-state index is 4.66. The van der Waals surface area contributed by atoms with Crippen LogP contribution in [0.3, 0.4) is 0 Å². The predicted octanol–water partition coefficient (Wildman–Crippen LogP) is 3.96. The summed E-state index contributed by atoms with van der Waals surface area (Å²) in [5, 5.41) is 2.58. The molecule has 1 aromatic carbocycles. The van der Waals surface area contributed by atoms with E-state index in [2.05, 4.69) is 62.5 Å². The third-order valence-electron chi connectivity index (χ3n) is 4.07. The summed E-state index contributed by atoms with van der Waals surface area (Å²) in [6, 6.07) is 6.65. The minimum atomic E-state index is 1.09. The van der Waals surface area contributed by atoms with Crippen molar-refractivity contribution < 1.29 is 0 Å². The molecule has 2 nitrogen and oxygen atoms in total. The van der Waals surface area contributed by atoms with Gasteiger partial charge in [0.05, 0.1) is 5.52 Å². The molecule has 0 spiro atoms. The number of hydrogen-bond acceptors (Lipinski definition) is 1. The van der Waals surface area contributed by atoms with Crippen molar-refractivity contribution in [1.82, 2.24) is 9.55 Å². The number of aryl methyl sites for hydroxylation is 4. The first-order chi connectivity index (χ1) is 8.49. The minimum Gasteiger partial charge on any atom is -0.348 e. The first kappa shape index (κ1) is 11.3. The minimum absolute atomic E-state index is 1.09. The van der Waals surface area contributed by atoms with Crippen LogP contribution in [0.25, 0.3) is 21.8 Å². The molecule has 3 aromatic rings. The van der Waals surface area contributed by atoms with E-state index in [1.165, 1.54) is 33.1 Å². The zero-order valence-corrected chi connectivity index (χ0v) is 11.6. The molecular weight excluding hydrogens is 220 g/mol. The van der Waals surface area contributed by atoms with E-state index >= 15 is 0 Å². The predicted molar refractivity (Wildman–Crippen MR) is 77.2 cm³/mol. The molecule has 2 aromatic heterocycles. The summed E-state index contributed by atoms with van der Waals surface area (Å²) in [6.45, 7) is 8.57. The lowest BCUT2D eigenvalue weighted by molar-refractivity contribution is 0.911. The number of hydrogen-bond donors (Lipinski definition) is 0. The molecule has 0 bridgehead atoms. The van der Waals surface area contributed by atoms with Crippen molar-refractivity contribution in [2.45, 2.75) is 27.7 Å². The molecule has 3 rings (SSSR count). The van der Waals surface area contributed by atoms with Gasteiger partial charge in [-0.25, -0.2) is 0 Å². The Kier molecular flexibility index (Phi) is 2.24. The normalized spacial score (nSPS) is 11.6. The van der Waals surface area contributed by atoms with Crippen LogP contribution >= 0.6 is 0 Å². The Labute approximate surface area is 107 Å². The molecule has 0 aliphatic heterocycles. The smallest absolute Gasteiger partial charge is 0.0715 e. The van der Waals surface area contributed by atoms with Crippen LogP contribution in [0.2, 0.25) is 0 Å². The van der Waals surface area contributed by atoms with Gasteiger partial charge in [-0.3, -0.25) is 4.98 Å². The molecule has 0 aliphatic rings. The number of fused-ring (bicyclic) bond motifs is 2. The van der Waals surface area contributed by atoms with Gasteiger partial charge in [0.25, 0.3) is 0 Å². The highest BCUT2D eigenvalue weighted by Gasteiger charge is 2.11. The SMILES string of the molecule is Cc1cc(C)c2cc3c(cc2n1)c(C)c(C)n3C. The van der Waals surface area contributed by atoms with Gasteiger partial charge in [0, 0.05) is 34.7 Å². The maximum atomic E-state index is 4.66. The van der Waals surface area contributed by atoms with Crippen molar-refractivity contribution in [2.75, 3.05) is 0 Å². The quantitative estimate of drug-likeness (QED) is 0.579. The van der Waals surface area contributed by atoms with Crippen molar-refractivity contribution in [3.8, 4) is 0 Å². The zero-order chi connectivity index (χ0) is 13.0. The van der Waals surface area contributed by atoms with Gasteiger partial charge in [-0.1, -0.05) is 0 Å². The average molecular weight is 238 g/mol. The number of rotatable bonds is 0. The molecule has 0 fully saturated rings. The fraction of sp³-hybridized carbons (Fsp3) is 0.312. The topological polar surface area (TPSA) is 17.8 Å². The molecule has 0 radical (unpaired) electrons. The van der Waals surface area contributed by atoms with Gasteiger partial charge >= 0.3 is 0 Å². The van der Waals surface area contributed by atoms with Crippen LogP contribution in [0.4, 0.5) is 0 Å². The molecule has 18 heavy (non-hydrogen) atoms. The lowest BCUT2D eigenvalue weighted by atomic mass is 10.1. The van der Waals surface area contributed by atoms with Gasteiger partial charge in [-0.15, -0.1) is 0 Å². The molecule has 0 unspecified atom stereocenters. The van der Waals surface area contributed by atoms with Crippen LogP contribution in [0.5, 0.6) is 0 Å². The second kappa shape index (κ2) is 3.58. The lowest BCUT2D eigenvalue weighted by Crippen LogP contribution is -1.91. The van der Waals surface area contributed by atoms with Crippen molar-refractivity contribution in [1.29, 1.82) is 0 Å². The monoisotopic (exact) mass is 238 g/mol. The molecule has 0 saturated carbocycles. The first-order valence-corrected chi connectivity index (χ1v) is 6.32. The Balaban J connectivity index is 2.55. The summed E-state index contributed by atoms with van der Waals surface area (Å²) in [5.74, 6) is 0. The summed E-state index contributed by atoms with van der Waals surface area (Å²) < 4.78 is 2.27. The Morgan fingerprint density at radius 3 is 2.39 bits per heavy atom. The van der Waals surface area contributed by atoms with Gasteiger partial charge in [-0.05, 0) is 57.0 Å². The second-order valence-electron chi connectivity index (χ2n) is 5.24. The molecule has 2 heterocycles. The van der Waals surface area contributed by atoms with Gasteiger partial charge in [0.1, 0.15) is 0 Å². The molecule has 2 heteroatoms. The molecule has 0 aliphatic carbocycles. The summed E-state index contributed by atoms with van der Waals surface area (Å²) in [7, 11) is 2.13. The fourth-order valence-electron chi connectivity index (χ4n) is 2.80. The Bertz CT molecular complexity index is 779. The number of nitrogens with zero attached hydrogens (tertiary/aromatic N) is 2. The van der Waals surface area contributed by atoms with Crippen LogP contribution in [-0.4, -0.2) is 9.55 Å². The van der Waals surface area contributed by atoms with Crippen molar-refractivity contribution in [2.24, 2.45) is 7.05 Å². The highest BCUT2D eigenvalue weighted by molar-refractivity contribution is 5.98. The second-order valence-corrected chi connectivity index (χ2v) is 5.24. The highest BCUT2D eigenvalue weighted by atomic mass is 14.9. The number of benzene rings is 1. The van der Waals surface area contributed by atoms with Crippen molar-refractivity contribution in [3.63, 3.8) is 0 Å². The molecular formula is C16H18N2. The molecule has 0 N–H and O–H groups in total. The van der Waals surface area contributed by atoms with Crippen LogP contribution in [-0.2, 0) is 7.05 Å². The summed E-state index contributed by atoms with van der Waals surface area (Å²) in [6.07, 6.45) is 0. The maximum Gasteiger partial charge on any atom is 0.0715 e. The largest absolute Gasteiger partial charge is 0.348 e. The van der Waals surface area contributed by atoms with Crippen molar-refractivity contribution in [3.05, 3.63) is 40.7 Å². The average Bonchev–Trinajstić information content (AvgIpc) is 2.53. The summed E-state index contributed by atoms with van der Waals surface area (Å²) in [5.41, 5.74) is 7.48. The molecule has 0 saturated heterocycles. The Hall–Kier alpha value is -1.83. The van der Waals surface area contributed by atoms with Gasteiger partial charge in [-0.2, -0.15) is 0 Å². The highest BCUT2D eigenvalue weighted by Crippen LogP contribution is 2.29. The van der Waals surface area contributed by atoms with Gasteiger partial charge in [0.15, 0.2) is 0 Å². The third-order valence-corrected chi connectivity index (χ3v) is 4.07. The number of aromatic nitrogens is 2. The zero-order valence-electron chi connectivity index (χ0n) is 11.6. The first-order valence-electron chi connectivity index (χ1n) is 6.32. The van der Waals surface area contributed by atoms with Gasteiger partial charge in [0.2, 0.25) is 0 Å². The molecule has 92 valence electrons. The van der Waals surface area contributed by atoms with Crippen LogP contribution in [0, 0.1) is 27.7 Å². The van der Waals surface area contributed by atoms with E-state index in [0.29, 0.717) is 0 Å². The molecule has 0 amide bonds. The third kappa shape index (κ3) is 1.38. The van der Waals surface area contributed by atoms with Crippen LogP contribution in [0.1, 0.15) is 22.5 Å². The van der Waals surface area contributed by atoms with Crippen LogP contribution in [0.15, 0.2) is 18.2 Å². The standard InChI is InChI=1S/C16H18N2/c1-9-6-10(2)17-15-7-14-11(3)12(4)18(5)16(14)8-13(9)15/h6-8H,1-5H3. The van der Waals surface area contributed by atoms with E-state index in [1.54, 1.807) is 0 Å². The number of pyridine rings is 1. The summed E-state index contributed by atoms with van der Waals surface area (Å²) >= 11 is 0. The van der Waals surface area contributed by atoms with E-state index in [9.17, 15) is 0 Å². The molecule has 0 atom stereocenters. The summed E-state index contributed by atoms with van der Waals surface area (Å²) in [4.78, 5) is 4.66. The van der Waals surface area contributed by atoms with E-state index in [1.807, 2.05) is 0 Å².